The minimum Gasteiger partial charge on any atom is -0.0980 e. The molecule has 0 rings (SSSR count). The first kappa shape index (κ1) is 43.4. The third-order valence-electron chi connectivity index (χ3n) is 10.5. The minimum atomic E-state index is 0.147. The predicted octanol–water partition coefficient (Wildman–Crippen LogP) is 16.6. The summed E-state index contributed by atoms with van der Waals surface area (Å²) in [5.74, 6) is 0. The van der Waals surface area contributed by atoms with Crippen LogP contribution in [0.5, 0.6) is 0 Å². The van der Waals surface area contributed by atoms with Crippen LogP contribution in [0.2, 0.25) is 0 Å². The molecule has 0 fully saturated rings. The molecule has 0 radical (unpaired) electrons. The molecule has 0 aromatic heterocycles. The molecular formula is C42H87P. The molecular weight excluding hydrogens is 535 g/mol. The lowest BCUT2D eigenvalue weighted by molar-refractivity contribution is 0.540. The van der Waals surface area contributed by atoms with Crippen molar-refractivity contribution in [3.8, 4) is 0 Å². The normalized spacial score (nSPS) is 14.7. The van der Waals surface area contributed by atoms with E-state index in [1.807, 2.05) is 0 Å². The van der Waals surface area contributed by atoms with Crippen molar-refractivity contribution < 1.29 is 0 Å². The lowest BCUT2D eigenvalue weighted by Crippen LogP contribution is -2.18. The topological polar surface area (TPSA) is 0 Å². The molecule has 3 unspecified atom stereocenters. The quantitative estimate of drug-likeness (QED) is 0.0482. The molecule has 0 nitrogen and oxygen atoms in total. The Hall–Kier alpha value is 0.430. The van der Waals surface area contributed by atoms with Gasteiger partial charge < -0.3 is 0 Å². The summed E-state index contributed by atoms with van der Waals surface area (Å²) in [5, 5.41) is 0. The summed E-state index contributed by atoms with van der Waals surface area (Å²) in [6.45, 7) is 15.0. The van der Waals surface area contributed by atoms with E-state index in [1.165, 1.54) is 212 Å². The summed E-state index contributed by atoms with van der Waals surface area (Å²) in [6.07, 6.45) is 48.5. The van der Waals surface area contributed by atoms with Gasteiger partial charge >= 0.3 is 0 Å². The average Bonchev–Trinajstić information content (AvgIpc) is 3.00. The molecule has 0 heterocycles. The second kappa shape index (κ2) is 35.3. The molecule has 0 aliphatic heterocycles. The molecule has 0 bridgehead atoms. The van der Waals surface area contributed by atoms with Crippen LogP contribution in [0.15, 0.2) is 0 Å². The highest BCUT2D eigenvalue weighted by atomic mass is 31.1. The molecule has 260 valence electrons. The van der Waals surface area contributed by atoms with Crippen molar-refractivity contribution in [2.24, 2.45) is 0 Å². The van der Waals surface area contributed by atoms with E-state index >= 15 is 0 Å². The van der Waals surface area contributed by atoms with Gasteiger partial charge in [0.1, 0.15) is 0 Å². The van der Waals surface area contributed by atoms with Gasteiger partial charge in [-0.2, -0.15) is 0 Å². The van der Waals surface area contributed by atoms with Crippen LogP contribution in [0, 0.1) is 0 Å². The molecule has 0 amide bonds. The van der Waals surface area contributed by atoms with Crippen LogP contribution in [0.25, 0.3) is 0 Å². The largest absolute Gasteiger partial charge is 0.0980 e. The molecule has 0 aromatic carbocycles. The average molecular weight is 623 g/mol. The van der Waals surface area contributed by atoms with Crippen LogP contribution in [-0.4, -0.2) is 17.0 Å². The van der Waals surface area contributed by atoms with E-state index in [9.17, 15) is 0 Å². The summed E-state index contributed by atoms with van der Waals surface area (Å²) in [7, 11) is 0.147. The fraction of sp³-hybridized carbons (Fsp3) is 1.00. The maximum absolute atomic E-state index is 2.67. The highest BCUT2D eigenvalue weighted by Crippen LogP contribution is 2.55. The molecule has 0 saturated heterocycles. The van der Waals surface area contributed by atoms with E-state index in [0.29, 0.717) is 0 Å². The zero-order chi connectivity index (χ0) is 31.6. The van der Waals surface area contributed by atoms with Crippen molar-refractivity contribution in [1.29, 1.82) is 0 Å². The number of hydrogen-bond donors (Lipinski definition) is 0. The zero-order valence-corrected chi connectivity index (χ0v) is 32.4. The lowest BCUT2D eigenvalue weighted by Gasteiger charge is -2.36. The lowest BCUT2D eigenvalue weighted by atomic mass is 10.1. The van der Waals surface area contributed by atoms with E-state index in [-0.39, 0.29) is 7.92 Å². The third-order valence-corrected chi connectivity index (χ3v) is 14.3. The molecule has 1 heteroatoms. The fourth-order valence-corrected chi connectivity index (χ4v) is 11.6. The molecule has 0 spiro atoms. The van der Waals surface area contributed by atoms with Gasteiger partial charge in [0.15, 0.2) is 0 Å². The SMILES string of the molecule is CCCCCCCCCCCCC(C)P(C(C)CCCCCCCCCCCC)C(C)CCCCCCCCCCCC. The Morgan fingerprint density at radius 3 is 0.605 bits per heavy atom. The van der Waals surface area contributed by atoms with Crippen LogP contribution in [0.3, 0.4) is 0 Å². The van der Waals surface area contributed by atoms with Crippen molar-refractivity contribution in [3.05, 3.63) is 0 Å². The molecule has 3 atom stereocenters. The van der Waals surface area contributed by atoms with Gasteiger partial charge in [-0.25, -0.2) is 0 Å². The second-order valence-electron chi connectivity index (χ2n) is 14.9. The van der Waals surface area contributed by atoms with E-state index in [1.54, 1.807) is 0 Å². The maximum Gasteiger partial charge on any atom is -0.0233 e. The summed E-state index contributed by atoms with van der Waals surface area (Å²) in [6, 6.07) is 0. The molecule has 0 aromatic rings. The van der Waals surface area contributed by atoms with Crippen LogP contribution in [-0.2, 0) is 0 Å². The summed E-state index contributed by atoms with van der Waals surface area (Å²) < 4.78 is 0. The van der Waals surface area contributed by atoms with Gasteiger partial charge in [-0.05, 0) is 36.2 Å². The summed E-state index contributed by atoms with van der Waals surface area (Å²) >= 11 is 0. The van der Waals surface area contributed by atoms with E-state index in [2.05, 4.69) is 41.5 Å². The van der Waals surface area contributed by atoms with Crippen molar-refractivity contribution >= 4 is 7.92 Å². The highest BCUT2D eigenvalue weighted by molar-refractivity contribution is 7.59. The minimum absolute atomic E-state index is 0.147. The smallest absolute Gasteiger partial charge is 0.0233 e. The Morgan fingerprint density at radius 1 is 0.256 bits per heavy atom. The Bertz CT molecular complexity index is 430. The molecule has 0 aliphatic rings. The molecule has 43 heavy (non-hydrogen) atoms. The zero-order valence-electron chi connectivity index (χ0n) is 31.5. The summed E-state index contributed by atoms with van der Waals surface area (Å²) in [4.78, 5) is 0. The van der Waals surface area contributed by atoms with Gasteiger partial charge in [0.2, 0.25) is 0 Å². The van der Waals surface area contributed by atoms with Crippen molar-refractivity contribution in [2.75, 3.05) is 0 Å². The first-order valence-electron chi connectivity index (χ1n) is 20.9. The number of unbranched alkanes of at least 4 members (excludes halogenated alkanes) is 27. The Labute approximate surface area is 277 Å². The van der Waals surface area contributed by atoms with Crippen LogP contribution in [0.1, 0.15) is 253 Å². The number of hydrogen-bond acceptors (Lipinski definition) is 0. The van der Waals surface area contributed by atoms with Gasteiger partial charge in [-0.15, -0.1) is 0 Å². The second-order valence-corrected chi connectivity index (χ2v) is 18.4. The van der Waals surface area contributed by atoms with E-state index in [4.69, 9.17) is 0 Å². The van der Waals surface area contributed by atoms with Crippen LogP contribution < -0.4 is 0 Å². The fourth-order valence-electron chi connectivity index (χ4n) is 7.53. The first-order chi connectivity index (χ1) is 21.1. The van der Waals surface area contributed by atoms with Gasteiger partial charge in [0, 0.05) is 0 Å². The van der Waals surface area contributed by atoms with Crippen molar-refractivity contribution in [2.45, 2.75) is 270 Å². The Balaban J connectivity index is 4.39. The molecule has 0 saturated carbocycles. The van der Waals surface area contributed by atoms with Gasteiger partial charge in [-0.1, -0.05) is 242 Å². The third kappa shape index (κ3) is 29.6. The number of rotatable bonds is 36. The van der Waals surface area contributed by atoms with Gasteiger partial charge in [0.25, 0.3) is 0 Å². The van der Waals surface area contributed by atoms with E-state index in [0.717, 1.165) is 17.0 Å². The first-order valence-corrected chi connectivity index (χ1v) is 22.4. The Morgan fingerprint density at radius 2 is 0.419 bits per heavy atom. The van der Waals surface area contributed by atoms with Crippen molar-refractivity contribution in [1.82, 2.24) is 0 Å². The Kier molecular flexibility index (Phi) is 35.6. The van der Waals surface area contributed by atoms with Gasteiger partial charge in [-0.3, -0.25) is 0 Å². The standard InChI is InChI=1S/C42H87P/c1-7-10-13-16-19-22-25-28-31-34-37-40(4)43(41(5)38-35-32-29-26-23-20-17-14-11-8-2)42(6)39-36-33-30-27-24-21-18-15-12-9-3/h40-42H,7-39H2,1-6H3. The predicted molar refractivity (Wildman–Crippen MR) is 205 cm³/mol. The van der Waals surface area contributed by atoms with Gasteiger partial charge in [0.05, 0.1) is 0 Å². The monoisotopic (exact) mass is 623 g/mol. The highest BCUT2D eigenvalue weighted by Gasteiger charge is 2.27. The van der Waals surface area contributed by atoms with Crippen LogP contribution in [0.4, 0.5) is 0 Å². The maximum atomic E-state index is 2.67. The van der Waals surface area contributed by atoms with E-state index < -0.39 is 0 Å². The molecule has 0 aliphatic carbocycles. The molecule has 0 N–H and O–H groups in total. The van der Waals surface area contributed by atoms with Crippen molar-refractivity contribution in [3.63, 3.8) is 0 Å². The summed E-state index contributed by atoms with van der Waals surface area (Å²) in [5.41, 5.74) is 2.92. The van der Waals surface area contributed by atoms with Crippen LogP contribution >= 0.6 is 7.92 Å².